The van der Waals surface area contributed by atoms with E-state index in [0.29, 0.717) is 35.4 Å². The zero-order valence-corrected chi connectivity index (χ0v) is 17.3. The second-order valence-corrected chi connectivity index (χ2v) is 7.91. The molecule has 1 amide bonds. The molecular formula is C22H23ClN4O2. The number of halogens is 1. The lowest BCUT2D eigenvalue weighted by atomic mass is 9.96. The van der Waals surface area contributed by atoms with Crippen molar-refractivity contribution in [3.8, 4) is 11.4 Å². The van der Waals surface area contributed by atoms with Crippen molar-refractivity contribution in [1.82, 2.24) is 15.0 Å². The van der Waals surface area contributed by atoms with Crippen molar-refractivity contribution in [2.75, 3.05) is 32.1 Å². The number of aromatic nitrogens is 2. The van der Waals surface area contributed by atoms with Crippen LogP contribution < -0.4 is 4.90 Å². The molecule has 2 heterocycles. The molecule has 150 valence electrons. The number of anilines is 1. The molecule has 0 N–H and O–H groups in total. The highest BCUT2D eigenvalue weighted by molar-refractivity contribution is 6.30. The predicted octanol–water partition coefficient (Wildman–Crippen LogP) is 4.48. The second kappa shape index (κ2) is 8.25. The molecule has 1 aliphatic rings. The van der Waals surface area contributed by atoms with Gasteiger partial charge in [0.2, 0.25) is 11.7 Å². The summed E-state index contributed by atoms with van der Waals surface area (Å²) in [6.07, 6.45) is 1.61. The first-order chi connectivity index (χ1) is 14.0. The van der Waals surface area contributed by atoms with Crippen molar-refractivity contribution < 1.29 is 9.32 Å². The van der Waals surface area contributed by atoms with Crippen LogP contribution in [-0.4, -0.2) is 48.1 Å². The molecule has 1 saturated heterocycles. The summed E-state index contributed by atoms with van der Waals surface area (Å²) in [4.78, 5) is 21.2. The van der Waals surface area contributed by atoms with E-state index in [1.54, 1.807) is 24.3 Å². The molecule has 0 aliphatic carbocycles. The molecule has 0 unspecified atom stereocenters. The van der Waals surface area contributed by atoms with Crippen LogP contribution in [0.4, 0.5) is 5.69 Å². The van der Waals surface area contributed by atoms with Crippen molar-refractivity contribution in [2.45, 2.75) is 18.8 Å². The normalized spacial score (nSPS) is 14.8. The van der Waals surface area contributed by atoms with E-state index in [1.807, 2.05) is 48.2 Å². The van der Waals surface area contributed by atoms with Gasteiger partial charge in [-0.2, -0.15) is 4.98 Å². The van der Waals surface area contributed by atoms with Gasteiger partial charge in [0.1, 0.15) is 0 Å². The number of piperidine rings is 1. The van der Waals surface area contributed by atoms with Crippen LogP contribution in [0.25, 0.3) is 11.4 Å². The average Bonchev–Trinajstić information content (AvgIpc) is 3.24. The minimum atomic E-state index is 0.0346. The topological polar surface area (TPSA) is 62.5 Å². The molecule has 1 aliphatic heterocycles. The maximum absolute atomic E-state index is 12.6. The predicted molar refractivity (Wildman–Crippen MR) is 113 cm³/mol. The fourth-order valence-corrected chi connectivity index (χ4v) is 3.66. The summed E-state index contributed by atoms with van der Waals surface area (Å²) >= 11 is 5.91. The summed E-state index contributed by atoms with van der Waals surface area (Å²) in [6.45, 7) is 1.34. The molecule has 7 heteroatoms. The summed E-state index contributed by atoms with van der Waals surface area (Å²) < 4.78 is 5.54. The molecule has 1 fully saturated rings. The number of carbonyl (C=O) groups is 1. The summed E-state index contributed by atoms with van der Waals surface area (Å²) in [5, 5.41) is 4.78. The number of nitrogens with zero attached hydrogens (tertiary/aromatic N) is 4. The van der Waals surface area contributed by atoms with Crippen molar-refractivity contribution in [2.24, 2.45) is 0 Å². The minimum absolute atomic E-state index is 0.0346. The van der Waals surface area contributed by atoms with Crippen LogP contribution in [0, 0.1) is 0 Å². The van der Waals surface area contributed by atoms with Crippen LogP contribution in [0.1, 0.15) is 35.0 Å². The number of benzene rings is 2. The third-order valence-electron chi connectivity index (χ3n) is 5.31. The molecule has 29 heavy (non-hydrogen) atoms. The highest BCUT2D eigenvalue weighted by Crippen LogP contribution is 2.29. The van der Waals surface area contributed by atoms with Crippen LogP contribution in [0.3, 0.4) is 0 Å². The Balaban J connectivity index is 1.39. The molecule has 0 saturated carbocycles. The lowest BCUT2D eigenvalue weighted by Crippen LogP contribution is -2.37. The number of carbonyl (C=O) groups excluding carboxylic acids is 1. The molecule has 3 aromatic rings. The smallest absolute Gasteiger partial charge is 0.253 e. The molecule has 0 bridgehead atoms. The van der Waals surface area contributed by atoms with Crippen LogP contribution in [0.15, 0.2) is 53.1 Å². The van der Waals surface area contributed by atoms with Crippen molar-refractivity contribution in [3.05, 3.63) is 65.0 Å². The van der Waals surface area contributed by atoms with Gasteiger partial charge >= 0.3 is 0 Å². The van der Waals surface area contributed by atoms with E-state index >= 15 is 0 Å². The van der Waals surface area contributed by atoms with Gasteiger partial charge < -0.3 is 14.3 Å². The SMILES string of the molecule is CN(C)c1ccc(-c2noc(C3CCN(C(=O)c4ccc(Cl)cc4)CC3)n2)cc1. The molecule has 1 aromatic heterocycles. The maximum Gasteiger partial charge on any atom is 0.253 e. The fraction of sp³-hybridized carbons (Fsp3) is 0.318. The van der Waals surface area contributed by atoms with Crippen LogP contribution in [-0.2, 0) is 0 Å². The number of rotatable bonds is 4. The summed E-state index contributed by atoms with van der Waals surface area (Å²) in [7, 11) is 4.01. The number of likely N-dealkylation sites (tertiary alicyclic amines) is 1. The fourth-order valence-electron chi connectivity index (χ4n) is 3.53. The Morgan fingerprint density at radius 1 is 1.07 bits per heavy atom. The molecule has 0 spiro atoms. The van der Waals surface area contributed by atoms with Crippen molar-refractivity contribution >= 4 is 23.2 Å². The summed E-state index contributed by atoms with van der Waals surface area (Å²) in [5.41, 5.74) is 2.71. The van der Waals surface area contributed by atoms with Gasteiger partial charge in [0.05, 0.1) is 0 Å². The van der Waals surface area contributed by atoms with E-state index in [2.05, 4.69) is 10.1 Å². The molecule has 0 atom stereocenters. The summed E-state index contributed by atoms with van der Waals surface area (Å²) in [5.74, 6) is 1.46. The number of hydrogen-bond acceptors (Lipinski definition) is 5. The van der Waals surface area contributed by atoms with Crippen LogP contribution in [0.2, 0.25) is 5.02 Å². The van der Waals surface area contributed by atoms with Gasteiger partial charge in [-0.15, -0.1) is 0 Å². The van der Waals surface area contributed by atoms with Crippen molar-refractivity contribution in [1.29, 1.82) is 0 Å². The quantitative estimate of drug-likeness (QED) is 0.634. The Labute approximate surface area is 175 Å². The first-order valence-electron chi connectivity index (χ1n) is 9.67. The lowest BCUT2D eigenvalue weighted by molar-refractivity contribution is 0.0704. The zero-order chi connectivity index (χ0) is 20.4. The largest absolute Gasteiger partial charge is 0.378 e. The third-order valence-corrected chi connectivity index (χ3v) is 5.56. The van der Waals surface area contributed by atoms with E-state index in [-0.39, 0.29) is 11.8 Å². The van der Waals surface area contributed by atoms with Gasteiger partial charge in [-0.05, 0) is 61.4 Å². The van der Waals surface area contributed by atoms with E-state index in [9.17, 15) is 4.79 Å². The molecule has 0 radical (unpaired) electrons. The Morgan fingerprint density at radius 2 is 1.72 bits per heavy atom. The lowest BCUT2D eigenvalue weighted by Gasteiger charge is -2.30. The van der Waals surface area contributed by atoms with Gasteiger partial charge in [0, 0.05) is 54.9 Å². The monoisotopic (exact) mass is 410 g/mol. The van der Waals surface area contributed by atoms with Crippen molar-refractivity contribution in [3.63, 3.8) is 0 Å². The van der Waals surface area contributed by atoms with Crippen LogP contribution >= 0.6 is 11.6 Å². The van der Waals surface area contributed by atoms with Gasteiger partial charge in [0.15, 0.2) is 0 Å². The highest BCUT2D eigenvalue weighted by Gasteiger charge is 2.28. The van der Waals surface area contributed by atoms with E-state index in [4.69, 9.17) is 16.1 Å². The summed E-state index contributed by atoms with van der Waals surface area (Å²) in [6, 6.07) is 15.1. The van der Waals surface area contributed by atoms with Gasteiger partial charge in [-0.3, -0.25) is 4.79 Å². The first kappa shape index (κ1) is 19.5. The second-order valence-electron chi connectivity index (χ2n) is 7.47. The standard InChI is InChI=1S/C22H23ClN4O2/c1-26(2)19-9-5-15(6-10-19)20-24-21(29-25-20)16-11-13-27(14-12-16)22(28)17-3-7-18(23)8-4-17/h3-10,16H,11-14H2,1-2H3. The van der Waals surface area contributed by atoms with Gasteiger partial charge in [-0.1, -0.05) is 16.8 Å². The Bertz CT molecular complexity index is 975. The van der Waals surface area contributed by atoms with Gasteiger partial charge in [-0.25, -0.2) is 0 Å². The molecular weight excluding hydrogens is 388 g/mol. The minimum Gasteiger partial charge on any atom is -0.378 e. The Kier molecular flexibility index (Phi) is 5.53. The Hall–Kier alpha value is -2.86. The number of hydrogen-bond donors (Lipinski definition) is 0. The average molecular weight is 411 g/mol. The van der Waals surface area contributed by atoms with E-state index in [1.165, 1.54) is 0 Å². The Morgan fingerprint density at radius 3 is 2.34 bits per heavy atom. The van der Waals surface area contributed by atoms with E-state index < -0.39 is 0 Å². The maximum atomic E-state index is 12.6. The molecule has 4 rings (SSSR count). The zero-order valence-electron chi connectivity index (χ0n) is 16.5. The van der Waals surface area contributed by atoms with Crippen LogP contribution in [0.5, 0.6) is 0 Å². The van der Waals surface area contributed by atoms with E-state index in [0.717, 1.165) is 24.1 Å². The molecule has 6 nitrogen and oxygen atoms in total. The first-order valence-corrected chi connectivity index (χ1v) is 10.1. The van der Waals surface area contributed by atoms with Gasteiger partial charge in [0.25, 0.3) is 5.91 Å². The molecule has 2 aromatic carbocycles. The number of amides is 1. The third kappa shape index (κ3) is 4.27. The highest BCUT2D eigenvalue weighted by atomic mass is 35.5.